The molecule has 4 aliphatic rings. The third kappa shape index (κ3) is 14.1. The number of hydrogen-bond donors (Lipinski definition) is 5. The van der Waals surface area contributed by atoms with Gasteiger partial charge in [-0.1, -0.05) is 89.6 Å². The van der Waals surface area contributed by atoms with Crippen molar-refractivity contribution in [3.05, 3.63) is 59.7 Å². The number of unbranched alkanes of at least 4 members (excludes halogenated alkanes) is 1. The van der Waals surface area contributed by atoms with E-state index in [2.05, 4.69) is 50.5 Å². The predicted molar refractivity (Wildman–Crippen MR) is 269 cm³/mol. The highest BCUT2D eigenvalue weighted by atomic mass is 16.7. The Bertz CT molecular complexity index is 2320. The summed E-state index contributed by atoms with van der Waals surface area (Å²) in [6.07, 6.45) is 2.11. The highest BCUT2D eigenvalue weighted by Crippen LogP contribution is 2.66. The topological polar surface area (TPSA) is 266 Å². The highest BCUT2D eigenvalue weighted by molar-refractivity contribution is 6.47. The Morgan fingerprint density at radius 1 is 0.806 bits per heavy atom. The van der Waals surface area contributed by atoms with E-state index in [1.165, 1.54) is 26.5 Å². The number of carboxylic acids is 1. The van der Waals surface area contributed by atoms with Crippen molar-refractivity contribution < 1.29 is 62.7 Å². The molecule has 18 heteroatoms. The SMILES string of the molecule is CCCCc1ccc(-c2ccc(C(=O)C[C@H](CO)C(=O)N[C@H](C)C(=O)CCC(=O)N(C)[C@@H](CCC(=O)O)C(=O)C[C@@H](C)C(=O)N[C@@H](CC(N)=O)C(=O)C[C@@H](C)B3OC4C[C@@H]5C[C@@H](C5(C)C)[C@]4(C)O3)cc2)cc1. The van der Waals surface area contributed by atoms with E-state index < -0.39 is 128 Å². The Labute approximate surface area is 423 Å². The molecule has 0 radical (unpaired) electrons. The molecule has 1 unspecified atom stereocenters. The maximum absolute atomic E-state index is 13.7. The fourth-order valence-electron chi connectivity index (χ4n) is 10.7. The van der Waals surface area contributed by atoms with Gasteiger partial charge in [-0.15, -0.1) is 0 Å². The quantitative estimate of drug-likeness (QED) is 0.0502. The van der Waals surface area contributed by atoms with Crippen LogP contribution in [0.2, 0.25) is 5.82 Å². The molecule has 0 aromatic heterocycles. The van der Waals surface area contributed by atoms with Crippen molar-refractivity contribution in [2.24, 2.45) is 34.8 Å². The Morgan fingerprint density at radius 3 is 2.03 bits per heavy atom. The highest BCUT2D eigenvalue weighted by Gasteiger charge is 2.68. The summed E-state index contributed by atoms with van der Waals surface area (Å²) in [4.78, 5) is 119. The fourth-order valence-corrected chi connectivity index (χ4v) is 10.7. The van der Waals surface area contributed by atoms with E-state index in [0.717, 1.165) is 48.1 Å². The minimum absolute atomic E-state index is 0.0933. The van der Waals surface area contributed by atoms with Crippen LogP contribution in [0.1, 0.15) is 141 Å². The zero-order valence-electron chi connectivity index (χ0n) is 43.2. The lowest BCUT2D eigenvalue weighted by molar-refractivity contribution is -0.199. The molecule has 0 spiro atoms. The number of rotatable bonds is 29. The van der Waals surface area contributed by atoms with E-state index in [9.17, 15) is 53.4 Å². The number of nitrogens with one attached hydrogen (secondary N) is 2. The number of benzene rings is 2. The average Bonchev–Trinajstić information content (AvgIpc) is 3.71. The van der Waals surface area contributed by atoms with Crippen LogP contribution >= 0.6 is 0 Å². The molecule has 72 heavy (non-hydrogen) atoms. The van der Waals surface area contributed by atoms with E-state index in [1.54, 1.807) is 12.1 Å². The van der Waals surface area contributed by atoms with Crippen LogP contribution in [-0.4, -0.2) is 118 Å². The number of carbonyl (C=O) groups excluding carboxylic acids is 8. The molecule has 4 amide bonds. The molecular weight excluding hydrogens is 923 g/mol. The van der Waals surface area contributed by atoms with Gasteiger partial charge in [-0.2, -0.15) is 0 Å². The van der Waals surface area contributed by atoms with Crippen LogP contribution in [0.4, 0.5) is 0 Å². The van der Waals surface area contributed by atoms with Crippen molar-refractivity contribution in [3.8, 4) is 11.1 Å². The Morgan fingerprint density at radius 2 is 1.44 bits per heavy atom. The van der Waals surface area contributed by atoms with E-state index in [-0.39, 0.29) is 43.0 Å². The average molecular weight is 999 g/mol. The van der Waals surface area contributed by atoms with Gasteiger partial charge in [0.1, 0.15) is 0 Å². The van der Waals surface area contributed by atoms with E-state index in [0.29, 0.717) is 17.4 Å². The van der Waals surface area contributed by atoms with Crippen LogP contribution in [0.3, 0.4) is 0 Å². The van der Waals surface area contributed by atoms with Crippen molar-refractivity contribution >= 4 is 59.8 Å². The molecular formula is C54H75BN4O13. The molecule has 4 fully saturated rings. The Balaban J connectivity index is 1.10. The van der Waals surface area contributed by atoms with Gasteiger partial charge < -0.3 is 40.8 Å². The zero-order valence-corrected chi connectivity index (χ0v) is 43.2. The van der Waals surface area contributed by atoms with Gasteiger partial charge in [0.2, 0.25) is 23.6 Å². The van der Waals surface area contributed by atoms with Crippen LogP contribution in [0, 0.1) is 29.1 Å². The lowest BCUT2D eigenvalue weighted by Gasteiger charge is -2.64. The molecule has 1 saturated heterocycles. The van der Waals surface area contributed by atoms with Crippen molar-refractivity contribution in [2.45, 2.75) is 168 Å². The van der Waals surface area contributed by atoms with Crippen LogP contribution in [-0.2, 0) is 54.1 Å². The zero-order chi connectivity index (χ0) is 53.2. The van der Waals surface area contributed by atoms with Gasteiger partial charge in [0.15, 0.2) is 23.1 Å². The number of primary amides is 1. The number of Topliss-reactive ketones (excluding diaryl/α,β-unsaturated/α-hetero) is 4. The first-order chi connectivity index (χ1) is 33.9. The number of nitrogens with zero attached hydrogens (tertiary/aromatic N) is 1. The summed E-state index contributed by atoms with van der Waals surface area (Å²) in [5.74, 6) is -8.07. The summed E-state index contributed by atoms with van der Waals surface area (Å²) in [6, 6.07) is 11.5. The van der Waals surface area contributed by atoms with Gasteiger partial charge in [0, 0.05) is 57.1 Å². The number of aliphatic hydroxyl groups is 1. The minimum Gasteiger partial charge on any atom is -0.481 e. The number of aryl methyl sites for hydroxylation is 1. The van der Waals surface area contributed by atoms with Gasteiger partial charge in [0.05, 0.1) is 48.8 Å². The standard InChI is InChI=1S/C54H75BN4O13/c1-9-10-11-34-12-14-35(15-13-34)36-16-18-37(19-17-36)43(62)26-38(30-60)52(70)57-33(4)42(61)21-22-49(66)59(8)41(20-23-50(67)68)45(64)24-31(2)51(69)58-40(29-48(56)65)44(63)25-32(3)55-71-47-28-39-27-46(53(39,5)6)54(47,7)72-55/h12-19,31-33,38-41,46-47,60H,9-11,20-30H2,1-8H3,(H2,56,65)(H,57,70)(H,58,69)(H,67,68)/t31-,32-,33-,38-,39+,40+,41+,46+,47?,54+/m1/s1. The summed E-state index contributed by atoms with van der Waals surface area (Å²) < 4.78 is 12.9. The third-order valence-electron chi connectivity index (χ3n) is 15.6. The van der Waals surface area contributed by atoms with Gasteiger partial charge >= 0.3 is 13.1 Å². The van der Waals surface area contributed by atoms with E-state index >= 15 is 0 Å². The number of carboxylic acid groups (broad SMARTS) is 1. The van der Waals surface area contributed by atoms with Crippen LogP contribution in [0.15, 0.2) is 48.5 Å². The first-order valence-corrected chi connectivity index (χ1v) is 25.5. The maximum Gasteiger partial charge on any atom is 0.461 e. The van der Waals surface area contributed by atoms with Crippen LogP contribution in [0.25, 0.3) is 11.1 Å². The van der Waals surface area contributed by atoms with E-state index in [4.69, 9.17) is 15.0 Å². The number of nitrogens with two attached hydrogens (primary N) is 1. The molecule has 10 atom stereocenters. The third-order valence-corrected chi connectivity index (χ3v) is 15.6. The lowest BCUT2D eigenvalue weighted by atomic mass is 9.43. The summed E-state index contributed by atoms with van der Waals surface area (Å²) in [5, 5.41) is 24.6. The largest absolute Gasteiger partial charge is 0.481 e. The number of carbonyl (C=O) groups is 9. The molecule has 1 heterocycles. The molecule has 3 saturated carbocycles. The summed E-state index contributed by atoms with van der Waals surface area (Å²) >= 11 is 0. The first kappa shape index (κ1) is 57.3. The Kier molecular flexibility index (Phi) is 19.8. The van der Waals surface area contributed by atoms with Crippen molar-refractivity contribution in [2.75, 3.05) is 13.7 Å². The van der Waals surface area contributed by atoms with Gasteiger partial charge in [-0.05, 0) is 85.7 Å². The molecule has 3 aliphatic carbocycles. The van der Waals surface area contributed by atoms with Crippen LogP contribution in [0.5, 0.6) is 0 Å². The molecule has 6 N–H and O–H groups in total. The van der Waals surface area contributed by atoms with E-state index in [1.807, 2.05) is 31.2 Å². The normalized spacial score (nSPS) is 22.1. The second kappa shape index (κ2) is 24.9. The fraction of sp³-hybridized carbons (Fsp3) is 0.611. The van der Waals surface area contributed by atoms with Crippen molar-refractivity contribution in [1.82, 2.24) is 15.5 Å². The second-order valence-electron chi connectivity index (χ2n) is 21.3. The molecule has 1 aliphatic heterocycles. The van der Waals surface area contributed by atoms with Gasteiger partial charge in [0.25, 0.3) is 0 Å². The predicted octanol–water partition coefficient (Wildman–Crippen LogP) is 5.46. The molecule has 17 nitrogen and oxygen atoms in total. The van der Waals surface area contributed by atoms with Gasteiger partial charge in [-0.25, -0.2) is 0 Å². The maximum atomic E-state index is 13.7. The number of ketones is 4. The minimum atomic E-state index is -1.30. The number of aliphatic hydroxyl groups excluding tert-OH is 1. The van der Waals surface area contributed by atoms with Crippen molar-refractivity contribution in [3.63, 3.8) is 0 Å². The number of hydrogen-bond acceptors (Lipinski definition) is 12. The van der Waals surface area contributed by atoms with Gasteiger partial charge in [-0.3, -0.25) is 43.2 Å². The number of aliphatic carboxylic acids is 1. The number of likely N-dealkylation sites (N-methyl/N-ethyl adjacent to an activating group) is 1. The smallest absolute Gasteiger partial charge is 0.461 e. The van der Waals surface area contributed by atoms with Crippen LogP contribution < -0.4 is 16.4 Å². The number of amides is 4. The molecule has 392 valence electrons. The molecule has 6 rings (SSSR count). The summed E-state index contributed by atoms with van der Waals surface area (Å²) in [6.45, 7) is 12.7. The molecule has 2 aromatic carbocycles. The lowest BCUT2D eigenvalue weighted by Crippen LogP contribution is -2.65. The Hall–Kier alpha value is -5.59. The monoisotopic (exact) mass is 999 g/mol. The molecule has 2 bridgehead atoms. The first-order valence-electron chi connectivity index (χ1n) is 25.5. The van der Waals surface area contributed by atoms with Crippen molar-refractivity contribution in [1.29, 1.82) is 0 Å². The summed E-state index contributed by atoms with van der Waals surface area (Å²) in [7, 11) is 0.618. The molecule has 2 aromatic rings. The summed E-state index contributed by atoms with van der Waals surface area (Å²) in [5.41, 5.74) is 8.63. The second-order valence-corrected chi connectivity index (χ2v) is 21.3.